The van der Waals surface area contributed by atoms with Crippen LogP contribution in [0.3, 0.4) is 0 Å². The number of carbonyl (C=O) groups excluding carboxylic acids is 1. The third-order valence-corrected chi connectivity index (χ3v) is 3.71. The van der Waals surface area contributed by atoms with Gasteiger partial charge in [0.15, 0.2) is 0 Å². The lowest BCUT2D eigenvalue weighted by atomic mass is 10.3. The van der Waals surface area contributed by atoms with Crippen LogP contribution >= 0.6 is 38.5 Å². The molecule has 0 atom stereocenters. The second-order valence-electron chi connectivity index (χ2n) is 3.87. The number of hydrogen-bond donors (Lipinski definition) is 2. The quantitative estimate of drug-likeness (QED) is 0.689. The Morgan fingerprint density at radius 3 is 2.74 bits per heavy atom. The van der Waals surface area contributed by atoms with Crippen molar-refractivity contribution in [2.75, 3.05) is 18.4 Å². The molecule has 0 bridgehead atoms. The molecule has 0 aliphatic carbocycles. The summed E-state index contributed by atoms with van der Waals surface area (Å²) in [4.78, 5) is 24.0. The fourth-order valence-electron chi connectivity index (χ4n) is 1.47. The van der Waals surface area contributed by atoms with Gasteiger partial charge in [-0.3, -0.25) is 4.79 Å². The first-order chi connectivity index (χ1) is 8.93. The molecule has 0 unspecified atom stereocenters. The molecule has 0 saturated carbocycles. The van der Waals surface area contributed by atoms with E-state index in [1.807, 2.05) is 19.1 Å². The smallest absolute Gasteiger partial charge is 0.323 e. The van der Waals surface area contributed by atoms with Gasteiger partial charge in [0.25, 0.3) is 0 Å². The van der Waals surface area contributed by atoms with Crippen molar-refractivity contribution in [1.82, 2.24) is 4.90 Å². The SMILES string of the molecule is CCCN(CC(=O)O)C(=O)Nc1cc(Br)ccc1I. The number of rotatable bonds is 5. The van der Waals surface area contributed by atoms with Crippen LogP contribution in [-0.4, -0.2) is 35.1 Å². The molecule has 104 valence electrons. The average Bonchev–Trinajstić information content (AvgIpc) is 2.32. The number of carboxylic acids is 1. The van der Waals surface area contributed by atoms with Crippen molar-refractivity contribution in [2.45, 2.75) is 13.3 Å². The summed E-state index contributed by atoms with van der Waals surface area (Å²) in [5.41, 5.74) is 0.659. The summed E-state index contributed by atoms with van der Waals surface area (Å²) in [5, 5.41) is 11.5. The molecule has 0 radical (unpaired) electrons. The van der Waals surface area contributed by atoms with Gasteiger partial charge in [0, 0.05) is 14.6 Å². The average molecular weight is 441 g/mol. The van der Waals surface area contributed by atoms with E-state index < -0.39 is 12.0 Å². The molecule has 2 N–H and O–H groups in total. The Morgan fingerprint density at radius 2 is 2.16 bits per heavy atom. The molecule has 0 aromatic heterocycles. The second-order valence-corrected chi connectivity index (χ2v) is 5.95. The lowest BCUT2D eigenvalue weighted by Gasteiger charge is -2.21. The van der Waals surface area contributed by atoms with Gasteiger partial charge < -0.3 is 15.3 Å². The Bertz CT molecular complexity index is 482. The molecule has 0 fully saturated rings. The highest BCUT2D eigenvalue weighted by atomic mass is 127. The summed E-state index contributed by atoms with van der Waals surface area (Å²) in [7, 11) is 0. The number of anilines is 1. The van der Waals surface area contributed by atoms with Crippen molar-refractivity contribution in [3.8, 4) is 0 Å². The van der Waals surface area contributed by atoms with E-state index in [9.17, 15) is 9.59 Å². The maximum atomic E-state index is 12.0. The first-order valence-corrected chi connectivity index (χ1v) is 7.54. The van der Waals surface area contributed by atoms with Crippen LogP contribution in [0.15, 0.2) is 22.7 Å². The largest absolute Gasteiger partial charge is 0.480 e. The molecule has 5 nitrogen and oxygen atoms in total. The zero-order valence-corrected chi connectivity index (χ0v) is 14.1. The predicted octanol–water partition coefficient (Wildman–Crippen LogP) is 3.38. The van der Waals surface area contributed by atoms with Crippen LogP contribution in [0.4, 0.5) is 10.5 Å². The van der Waals surface area contributed by atoms with Gasteiger partial charge in [0.2, 0.25) is 0 Å². The Labute approximate surface area is 133 Å². The Morgan fingerprint density at radius 1 is 1.47 bits per heavy atom. The normalized spacial score (nSPS) is 10.1. The van der Waals surface area contributed by atoms with Gasteiger partial charge in [-0.15, -0.1) is 0 Å². The lowest BCUT2D eigenvalue weighted by Crippen LogP contribution is -2.39. The number of carboxylic acid groups (broad SMARTS) is 1. The second kappa shape index (κ2) is 7.68. The number of benzene rings is 1. The molecule has 0 aliphatic rings. The van der Waals surface area contributed by atoms with Gasteiger partial charge in [0.1, 0.15) is 6.54 Å². The van der Waals surface area contributed by atoms with E-state index in [0.29, 0.717) is 18.7 Å². The van der Waals surface area contributed by atoms with E-state index >= 15 is 0 Å². The van der Waals surface area contributed by atoms with Crippen LogP contribution in [0.2, 0.25) is 0 Å². The van der Waals surface area contributed by atoms with Crippen LogP contribution in [0.1, 0.15) is 13.3 Å². The van der Waals surface area contributed by atoms with Crippen LogP contribution in [0, 0.1) is 3.57 Å². The number of hydrogen-bond acceptors (Lipinski definition) is 2. The summed E-state index contributed by atoms with van der Waals surface area (Å²) >= 11 is 5.44. The van der Waals surface area contributed by atoms with Crippen molar-refractivity contribution in [3.05, 3.63) is 26.2 Å². The van der Waals surface area contributed by atoms with Crippen molar-refractivity contribution in [2.24, 2.45) is 0 Å². The number of halogens is 2. The first kappa shape index (κ1) is 16.2. The van der Waals surface area contributed by atoms with Gasteiger partial charge in [-0.2, -0.15) is 0 Å². The molecule has 0 aliphatic heterocycles. The number of urea groups is 1. The molecular formula is C12H14BrIN2O3. The predicted molar refractivity (Wildman–Crippen MR) is 85.4 cm³/mol. The fraction of sp³-hybridized carbons (Fsp3) is 0.333. The third kappa shape index (κ3) is 5.35. The number of nitrogens with one attached hydrogen (secondary N) is 1. The fourth-order valence-corrected chi connectivity index (χ4v) is 2.30. The monoisotopic (exact) mass is 440 g/mol. The first-order valence-electron chi connectivity index (χ1n) is 5.66. The van der Waals surface area contributed by atoms with Gasteiger partial charge in [0.05, 0.1) is 5.69 Å². The molecule has 19 heavy (non-hydrogen) atoms. The Kier molecular flexibility index (Phi) is 6.56. The minimum atomic E-state index is -1.02. The highest BCUT2D eigenvalue weighted by molar-refractivity contribution is 14.1. The Hall–Kier alpha value is -0.830. The number of aliphatic carboxylic acids is 1. The van der Waals surface area contributed by atoms with Crippen molar-refractivity contribution in [3.63, 3.8) is 0 Å². The van der Waals surface area contributed by atoms with Crippen LogP contribution in [-0.2, 0) is 4.79 Å². The van der Waals surface area contributed by atoms with E-state index in [4.69, 9.17) is 5.11 Å². The van der Waals surface area contributed by atoms with Crippen molar-refractivity contribution < 1.29 is 14.7 Å². The van der Waals surface area contributed by atoms with Crippen molar-refractivity contribution in [1.29, 1.82) is 0 Å². The lowest BCUT2D eigenvalue weighted by molar-refractivity contribution is -0.137. The molecule has 0 spiro atoms. The number of amides is 2. The minimum absolute atomic E-state index is 0.301. The van der Waals surface area contributed by atoms with Gasteiger partial charge >= 0.3 is 12.0 Å². The summed E-state index contributed by atoms with van der Waals surface area (Å²) < 4.78 is 1.74. The Balaban J connectivity index is 2.80. The van der Waals surface area contributed by atoms with Crippen LogP contribution in [0.25, 0.3) is 0 Å². The van der Waals surface area contributed by atoms with Gasteiger partial charge in [-0.1, -0.05) is 22.9 Å². The molecule has 2 amide bonds. The molecule has 1 aromatic carbocycles. The van der Waals surface area contributed by atoms with E-state index in [0.717, 1.165) is 8.04 Å². The maximum Gasteiger partial charge on any atom is 0.323 e. The summed E-state index contributed by atoms with van der Waals surface area (Å²) in [5.74, 6) is -1.02. The standard InChI is InChI=1S/C12H14BrIN2O3/c1-2-5-16(7-11(17)18)12(19)15-10-6-8(13)3-4-9(10)14/h3-4,6H,2,5,7H2,1H3,(H,15,19)(H,17,18). The van der Waals surface area contributed by atoms with Crippen molar-refractivity contribution >= 4 is 56.2 Å². The number of nitrogens with zero attached hydrogens (tertiary/aromatic N) is 1. The molecule has 0 heterocycles. The van der Waals surface area contributed by atoms with Gasteiger partial charge in [-0.25, -0.2) is 4.79 Å². The molecular weight excluding hydrogens is 427 g/mol. The molecule has 7 heteroatoms. The van der Waals surface area contributed by atoms with E-state index in [1.54, 1.807) is 6.07 Å². The van der Waals surface area contributed by atoms with Gasteiger partial charge in [-0.05, 0) is 47.2 Å². The molecule has 0 saturated heterocycles. The van der Waals surface area contributed by atoms with Crippen LogP contribution < -0.4 is 5.32 Å². The highest BCUT2D eigenvalue weighted by Crippen LogP contribution is 2.23. The zero-order chi connectivity index (χ0) is 14.4. The summed E-state index contributed by atoms with van der Waals surface area (Å²) in [6, 6.07) is 5.12. The molecule has 1 aromatic rings. The summed E-state index contributed by atoms with van der Waals surface area (Å²) in [6.07, 6.45) is 0.705. The van der Waals surface area contributed by atoms with Crippen LogP contribution in [0.5, 0.6) is 0 Å². The van der Waals surface area contributed by atoms with E-state index in [1.165, 1.54) is 4.90 Å². The third-order valence-electron chi connectivity index (χ3n) is 2.28. The maximum absolute atomic E-state index is 12.0. The summed E-state index contributed by atoms with van der Waals surface area (Å²) in [6.45, 7) is 2.00. The highest BCUT2D eigenvalue weighted by Gasteiger charge is 2.16. The zero-order valence-electron chi connectivity index (χ0n) is 10.3. The minimum Gasteiger partial charge on any atom is -0.480 e. The van der Waals surface area contributed by atoms with E-state index in [2.05, 4.69) is 43.8 Å². The van der Waals surface area contributed by atoms with E-state index in [-0.39, 0.29) is 6.54 Å². The molecule has 1 rings (SSSR count). The topological polar surface area (TPSA) is 69.6 Å². The number of carbonyl (C=O) groups is 2.